The molecule has 0 amide bonds. The van der Waals surface area contributed by atoms with E-state index in [-0.39, 0.29) is 6.10 Å². The second-order valence-electron chi connectivity index (χ2n) is 13.3. The van der Waals surface area contributed by atoms with Gasteiger partial charge in [0.25, 0.3) is 0 Å². The summed E-state index contributed by atoms with van der Waals surface area (Å²) in [6.45, 7) is 19.3. The highest BCUT2D eigenvalue weighted by molar-refractivity contribution is 5.27. The SMILES string of the molecule is C=C(C(C)C)[C@H](CC)CC[C@@H](C)C1CCC2C3=CC[C@H]4C[C@@H](O)CC[C@]4(C)C3CC[C@@]21C. The molecule has 0 aliphatic heterocycles. The van der Waals surface area contributed by atoms with Crippen LogP contribution < -0.4 is 0 Å². The minimum absolute atomic E-state index is 0.0488. The van der Waals surface area contributed by atoms with Crippen molar-refractivity contribution in [1.29, 1.82) is 0 Å². The zero-order chi connectivity index (χ0) is 23.3. The Bertz CT molecular complexity index is 718. The van der Waals surface area contributed by atoms with Crippen LogP contribution in [0.2, 0.25) is 0 Å². The minimum Gasteiger partial charge on any atom is -0.393 e. The second-order valence-corrected chi connectivity index (χ2v) is 13.3. The van der Waals surface area contributed by atoms with Crippen LogP contribution in [-0.2, 0) is 0 Å². The van der Waals surface area contributed by atoms with Crippen LogP contribution in [0, 0.1) is 52.3 Å². The summed E-state index contributed by atoms with van der Waals surface area (Å²) >= 11 is 0. The Kier molecular flexibility index (Phi) is 7.09. The van der Waals surface area contributed by atoms with E-state index >= 15 is 0 Å². The normalized spacial score (nSPS) is 43.1. The van der Waals surface area contributed by atoms with Gasteiger partial charge in [0.15, 0.2) is 0 Å². The van der Waals surface area contributed by atoms with E-state index in [1.807, 2.05) is 5.57 Å². The van der Waals surface area contributed by atoms with Crippen molar-refractivity contribution in [2.75, 3.05) is 0 Å². The first-order chi connectivity index (χ1) is 15.1. The molecule has 0 aromatic rings. The minimum atomic E-state index is -0.0488. The van der Waals surface area contributed by atoms with E-state index in [0.717, 1.165) is 36.5 Å². The molecule has 9 atom stereocenters. The van der Waals surface area contributed by atoms with E-state index in [9.17, 15) is 5.11 Å². The smallest absolute Gasteiger partial charge is 0.0543 e. The number of aliphatic hydroxyl groups is 1. The molecule has 0 heterocycles. The van der Waals surface area contributed by atoms with E-state index in [1.165, 1.54) is 63.4 Å². The van der Waals surface area contributed by atoms with Crippen LogP contribution in [0.4, 0.5) is 0 Å². The third-order valence-electron chi connectivity index (χ3n) is 11.5. The van der Waals surface area contributed by atoms with Gasteiger partial charge < -0.3 is 5.11 Å². The van der Waals surface area contributed by atoms with Crippen molar-refractivity contribution in [2.45, 2.75) is 118 Å². The molecule has 0 saturated heterocycles. The Morgan fingerprint density at radius 2 is 1.72 bits per heavy atom. The number of allylic oxidation sites excluding steroid dienone is 3. The van der Waals surface area contributed by atoms with Crippen molar-refractivity contribution in [1.82, 2.24) is 0 Å². The molecule has 3 saturated carbocycles. The average molecular weight is 441 g/mol. The fourth-order valence-corrected chi connectivity index (χ4v) is 9.25. The molecule has 1 N–H and O–H groups in total. The Hall–Kier alpha value is -0.560. The van der Waals surface area contributed by atoms with Crippen molar-refractivity contribution < 1.29 is 5.11 Å². The maximum Gasteiger partial charge on any atom is 0.0543 e. The number of aliphatic hydroxyl groups excluding tert-OH is 1. The van der Waals surface area contributed by atoms with Gasteiger partial charge in [-0.25, -0.2) is 0 Å². The molecule has 182 valence electrons. The fraction of sp³-hybridized carbons (Fsp3) is 0.871. The summed E-state index contributed by atoms with van der Waals surface area (Å²) in [6.07, 6.45) is 16.8. The van der Waals surface area contributed by atoms with Gasteiger partial charge in [0.2, 0.25) is 0 Å². The lowest BCUT2D eigenvalue weighted by Gasteiger charge is -2.57. The molecule has 4 aliphatic rings. The molecule has 0 aromatic carbocycles. The van der Waals surface area contributed by atoms with E-state index in [0.29, 0.717) is 28.6 Å². The molecule has 4 rings (SSSR count). The molecular formula is C31H52O. The van der Waals surface area contributed by atoms with Crippen molar-refractivity contribution >= 4 is 0 Å². The van der Waals surface area contributed by atoms with Crippen molar-refractivity contribution in [2.24, 2.45) is 52.3 Å². The molecular weight excluding hydrogens is 388 g/mol. The standard InChI is InChI=1S/C31H52O/c1-8-23(22(5)20(2)3)10-9-21(4)27-13-14-28-26-12-11-24-19-25(32)15-17-30(24,6)29(26)16-18-31(27,28)7/h12,20-21,23-25,27-29,32H,5,8-11,13-19H2,1-4,6-7H3/t21-,23-,24+,25+,27?,28?,29?,30+,31-/m1/s1. The van der Waals surface area contributed by atoms with Crippen LogP contribution in [0.1, 0.15) is 112 Å². The molecule has 0 aromatic heterocycles. The molecule has 0 radical (unpaired) electrons. The van der Waals surface area contributed by atoms with Gasteiger partial charge >= 0.3 is 0 Å². The number of hydrogen-bond donors (Lipinski definition) is 1. The first-order valence-corrected chi connectivity index (χ1v) is 14.2. The average Bonchev–Trinajstić information content (AvgIpc) is 3.11. The summed E-state index contributed by atoms with van der Waals surface area (Å²) in [5, 5.41) is 10.3. The Labute approximate surface area is 199 Å². The van der Waals surface area contributed by atoms with E-state index < -0.39 is 0 Å². The molecule has 32 heavy (non-hydrogen) atoms. The summed E-state index contributed by atoms with van der Waals surface area (Å²) in [5.74, 6) is 5.36. The fourth-order valence-electron chi connectivity index (χ4n) is 9.25. The van der Waals surface area contributed by atoms with E-state index in [4.69, 9.17) is 0 Å². The Morgan fingerprint density at radius 1 is 1.03 bits per heavy atom. The van der Waals surface area contributed by atoms with Gasteiger partial charge in [-0.1, -0.05) is 65.3 Å². The highest BCUT2D eigenvalue weighted by Gasteiger charge is 2.58. The van der Waals surface area contributed by atoms with Crippen LogP contribution in [0.15, 0.2) is 23.8 Å². The molecule has 1 nitrogen and oxygen atoms in total. The molecule has 4 aliphatic carbocycles. The van der Waals surface area contributed by atoms with Crippen molar-refractivity contribution in [3.8, 4) is 0 Å². The first kappa shape index (κ1) is 24.6. The number of rotatable bonds is 7. The maximum atomic E-state index is 10.3. The van der Waals surface area contributed by atoms with Crippen LogP contribution in [-0.4, -0.2) is 11.2 Å². The molecule has 0 spiro atoms. The predicted octanol–water partition coefficient (Wildman–Crippen LogP) is 8.58. The Morgan fingerprint density at radius 3 is 2.41 bits per heavy atom. The monoisotopic (exact) mass is 440 g/mol. The molecule has 3 unspecified atom stereocenters. The van der Waals surface area contributed by atoms with Crippen LogP contribution >= 0.6 is 0 Å². The van der Waals surface area contributed by atoms with Crippen LogP contribution in [0.5, 0.6) is 0 Å². The largest absolute Gasteiger partial charge is 0.393 e. The van der Waals surface area contributed by atoms with E-state index in [1.54, 1.807) is 0 Å². The second kappa shape index (κ2) is 9.24. The summed E-state index contributed by atoms with van der Waals surface area (Å²) in [7, 11) is 0. The summed E-state index contributed by atoms with van der Waals surface area (Å²) in [4.78, 5) is 0. The lowest BCUT2D eigenvalue weighted by atomic mass is 9.47. The first-order valence-electron chi connectivity index (χ1n) is 14.2. The number of fused-ring (bicyclic) bond motifs is 5. The molecule has 3 fully saturated rings. The summed E-state index contributed by atoms with van der Waals surface area (Å²) < 4.78 is 0. The zero-order valence-electron chi connectivity index (χ0n) is 22.1. The predicted molar refractivity (Wildman–Crippen MR) is 137 cm³/mol. The molecule has 1 heteroatoms. The van der Waals surface area contributed by atoms with Gasteiger partial charge in [0, 0.05) is 0 Å². The molecule has 0 bridgehead atoms. The van der Waals surface area contributed by atoms with Gasteiger partial charge in [-0.2, -0.15) is 0 Å². The highest BCUT2D eigenvalue weighted by Crippen LogP contribution is 2.67. The van der Waals surface area contributed by atoms with Crippen molar-refractivity contribution in [3.63, 3.8) is 0 Å². The number of hydrogen-bond acceptors (Lipinski definition) is 1. The van der Waals surface area contributed by atoms with Gasteiger partial charge in [-0.15, -0.1) is 0 Å². The topological polar surface area (TPSA) is 20.2 Å². The van der Waals surface area contributed by atoms with Gasteiger partial charge in [-0.3, -0.25) is 0 Å². The van der Waals surface area contributed by atoms with Crippen LogP contribution in [0.3, 0.4) is 0 Å². The summed E-state index contributed by atoms with van der Waals surface area (Å²) in [6, 6.07) is 0. The maximum absolute atomic E-state index is 10.3. The quantitative estimate of drug-likeness (QED) is 0.393. The third kappa shape index (κ3) is 4.08. The summed E-state index contributed by atoms with van der Waals surface area (Å²) in [5.41, 5.74) is 4.29. The highest BCUT2D eigenvalue weighted by atomic mass is 16.3. The van der Waals surface area contributed by atoms with Crippen molar-refractivity contribution in [3.05, 3.63) is 23.8 Å². The van der Waals surface area contributed by atoms with E-state index in [2.05, 4.69) is 54.2 Å². The lowest BCUT2D eigenvalue weighted by molar-refractivity contribution is -0.0428. The van der Waals surface area contributed by atoms with Gasteiger partial charge in [-0.05, 0) is 123 Å². The van der Waals surface area contributed by atoms with Gasteiger partial charge in [0.05, 0.1) is 6.10 Å². The Balaban J connectivity index is 1.46. The lowest BCUT2D eigenvalue weighted by Crippen LogP contribution is -2.49. The third-order valence-corrected chi connectivity index (χ3v) is 11.5. The zero-order valence-corrected chi connectivity index (χ0v) is 22.1. The van der Waals surface area contributed by atoms with Gasteiger partial charge in [0.1, 0.15) is 0 Å². The van der Waals surface area contributed by atoms with Crippen LogP contribution in [0.25, 0.3) is 0 Å².